The average Bonchev–Trinajstić information content (AvgIpc) is 2.89. The van der Waals surface area contributed by atoms with Crippen LogP contribution in [0, 0.1) is 6.92 Å². The second kappa shape index (κ2) is 4.16. The van der Waals surface area contributed by atoms with Gasteiger partial charge in [0, 0.05) is 17.0 Å². The number of carboxylic acids is 1. The van der Waals surface area contributed by atoms with Crippen LogP contribution in [0.2, 0.25) is 0 Å². The smallest absolute Gasteiger partial charge is 0.356 e. The van der Waals surface area contributed by atoms with E-state index in [-0.39, 0.29) is 5.69 Å². The first-order valence-electron chi connectivity index (χ1n) is 5.66. The summed E-state index contributed by atoms with van der Waals surface area (Å²) in [7, 11) is 0. The van der Waals surface area contributed by atoms with Gasteiger partial charge in [0.2, 0.25) is 0 Å². The highest BCUT2D eigenvalue weighted by molar-refractivity contribution is 5.90. The van der Waals surface area contributed by atoms with Crippen molar-refractivity contribution in [1.29, 1.82) is 0 Å². The van der Waals surface area contributed by atoms with Crippen LogP contribution >= 0.6 is 0 Å². The van der Waals surface area contributed by atoms with Crippen LogP contribution in [0.15, 0.2) is 36.8 Å². The Kier molecular flexibility index (Phi) is 2.49. The molecule has 94 valence electrons. The number of benzene rings is 1. The summed E-state index contributed by atoms with van der Waals surface area (Å²) >= 11 is 0. The lowest BCUT2D eigenvalue weighted by Gasteiger charge is -2.06. The van der Waals surface area contributed by atoms with E-state index in [0.29, 0.717) is 5.82 Å². The molecule has 0 aliphatic heterocycles. The van der Waals surface area contributed by atoms with Gasteiger partial charge in [-0.15, -0.1) is 5.10 Å². The summed E-state index contributed by atoms with van der Waals surface area (Å²) in [5, 5.41) is 19.0. The van der Waals surface area contributed by atoms with E-state index >= 15 is 0 Å². The first-order valence-corrected chi connectivity index (χ1v) is 5.66. The molecule has 0 amide bonds. The van der Waals surface area contributed by atoms with Gasteiger partial charge in [0.15, 0.2) is 11.5 Å². The van der Waals surface area contributed by atoms with E-state index in [0.717, 1.165) is 16.5 Å². The van der Waals surface area contributed by atoms with Gasteiger partial charge in [-0.1, -0.05) is 24.3 Å². The fraction of sp³-hybridized carbons (Fsp3) is 0.0769. The minimum absolute atomic E-state index is 0.0218. The van der Waals surface area contributed by atoms with Gasteiger partial charge in [-0.3, -0.25) is 4.57 Å². The summed E-state index contributed by atoms with van der Waals surface area (Å²) in [5.41, 5.74) is 0.810. The molecule has 0 saturated heterocycles. The number of rotatable bonds is 2. The molecular weight excluding hydrogens is 244 g/mol. The molecule has 0 radical (unpaired) electrons. The zero-order valence-electron chi connectivity index (χ0n) is 10.1. The molecule has 1 N–H and O–H groups in total. The Morgan fingerprint density at radius 1 is 1.21 bits per heavy atom. The Morgan fingerprint density at radius 3 is 2.63 bits per heavy atom. The summed E-state index contributed by atoms with van der Waals surface area (Å²) in [6, 6.07) is 7.71. The molecule has 0 saturated carbocycles. The zero-order valence-corrected chi connectivity index (χ0v) is 10.1. The zero-order chi connectivity index (χ0) is 13.4. The first kappa shape index (κ1) is 11.3. The van der Waals surface area contributed by atoms with Gasteiger partial charge in [-0.05, 0) is 6.92 Å². The van der Waals surface area contributed by atoms with Crippen LogP contribution in [-0.4, -0.2) is 30.8 Å². The lowest BCUT2D eigenvalue weighted by Crippen LogP contribution is -2.01. The molecule has 2 heterocycles. The van der Waals surface area contributed by atoms with E-state index in [4.69, 9.17) is 5.11 Å². The molecule has 1 aromatic carbocycles. The minimum Gasteiger partial charge on any atom is -0.476 e. The highest BCUT2D eigenvalue weighted by atomic mass is 16.4. The first-order chi connectivity index (χ1) is 9.16. The molecule has 0 bridgehead atoms. The fourth-order valence-corrected chi connectivity index (χ4v) is 1.96. The number of hydrogen-bond acceptors (Lipinski definition) is 4. The number of hydrogen-bond donors (Lipinski definition) is 1. The number of aromatic nitrogens is 4. The molecule has 3 aromatic rings. The monoisotopic (exact) mass is 254 g/mol. The van der Waals surface area contributed by atoms with Gasteiger partial charge < -0.3 is 5.11 Å². The van der Waals surface area contributed by atoms with Crippen molar-refractivity contribution in [3.05, 3.63) is 48.2 Å². The standard InChI is InChI=1S/C13H10N4O2/c1-8-9-4-2-3-5-10(9)12(16-15-8)17-6-11(13(18)19)14-7-17/h2-7H,1H3,(H,18,19). The number of fused-ring (bicyclic) bond motifs is 1. The molecule has 6 heteroatoms. The number of aromatic carboxylic acids is 1. The van der Waals surface area contributed by atoms with E-state index in [1.165, 1.54) is 12.5 Å². The van der Waals surface area contributed by atoms with Gasteiger partial charge in [-0.25, -0.2) is 9.78 Å². The van der Waals surface area contributed by atoms with Gasteiger partial charge in [-0.2, -0.15) is 5.10 Å². The molecule has 3 rings (SSSR count). The molecule has 6 nitrogen and oxygen atoms in total. The Bertz CT molecular complexity index is 779. The van der Waals surface area contributed by atoms with E-state index in [9.17, 15) is 4.79 Å². The minimum atomic E-state index is -1.07. The second-order valence-corrected chi connectivity index (χ2v) is 4.13. The van der Waals surface area contributed by atoms with Gasteiger partial charge >= 0.3 is 5.97 Å². The number of carboxylic acid groups (broad SMARTS) is 1. The normalized spacial score (nSPS) is 10.8. The summed E-state index contributed by atoms with van der Waals surface area (Å²) < 4.78 is 1.57. The quantitative estimate of drug-likeness (QED) is 0.754. The highest BCUT2D eigenvalue weighted by Crippen LogP contribution is 2.21. The Hall–Kier alpha value is -2.76. The van der Waals surface area contributed by atoms with Crippen molar-refractivity contribution >= 4 is 16.7 Å². The van der Waals surface area contributed by atoms with E-state index in [2.05, 4.69) is 15.2 Å². The van der Waals surface area contributed by atoms with Gasteiger partial charge in [0.05, 0.1) is 5.69 Å². The van der Waals surface area contributed by atoms with Crippen molar-refractivity contribution in [2.24, 2.45) is 0 Å². The molecule has 19 heavy (non-hydrogen) atoms. The number of aryl methyl sites for hydroxylation is 1. The van der Waals surface area contributed by atoms with E-state index in [1.54, 1.807) is 4.57 Å². The highest BCUT2D eigenvalue weighted by Gasteiger charge is 2.11. The summed E-state index contributed by atoms with van der Waals surface area (Å²) in [6.07, 6.45) is 2.85. The molecule has 0 aliphatic rings. The predicted octanol–water partition coefficient (Wildman–Crippen LogP) is 1.82. The topological polar surface area (TPSA) is 80.9 Å². The molecule has 0 aliphatic carbocycles. The van der Waals surface area contributed by atoms with Crippen molar-refractivity contribution in [2.45, 2.75) is 6.92 Å². The summed E-state index contributed by atoms with van der Waals surface area (Å²) in [6.45, 7) is 1.88. The van der Waals surface area contributed by atoms with Crippen LogP contribution in [0.1, 0.15) is 16.2 Å². The van der Waals surface area contributed by atoms with Gasteiger partial charge in [0.25, 0.3) is 0 Å². The maximum atomic E-state index is 10.9. The lowest BCUT2D eigenvalue weighted by molar-refractivity contribution is 0.0691. The van der Waals surface area contributed by atoms with Crippen molar-refractivity contribution in [3.63, 3.8) is 0 Å². The van der Waals surface area contributed by atoms with Crippen LogP contribution < -0.4 is 0 Å². The van der Waals surface area contributed by atoms with E-state index in [1.807, 2.05) is 31.2 Å². The van der Waals surface area contributed by atoms with E-state index < -0.39 is 5.97 Å². The summed E-state index contributed by atoms with van der Waals surface area (Å²) in [4.78, 5) is 14.7. The third-order valence-electron chi connectivity index (χ3n) is 2.90. The summed E-state index contributed by atoms with van der Waals surface area (Å²) in [5.74, 6) is -0.496. The van der Waals surface area contributed by atoms with Crippen molar-refractivity contribution < 1.29 is 9.90 Å². The maximum Gasteiger partial charge on any atom is 0.356 e. The van der Waals surface area contributed by atoms with Gasteiger partial charge in [0.1, 0.15) is 6.33 Å². The van der Waals surface area contributed by atoms with Crippen LogP contribution in [0.5, 0.6) is 0 Å². The molecule has 0 atom stereocenters. The fourth-order valence-electron chi connectivity index (χ4n) is 1.96. The largest absolute Gasteiger partial charge is 0.476 e. The number of imidazole rings is 1. The second-order valence-electron chi connectivity index (χ2n) is 4.13. The molecular formula is C13H10N4O2. The molecule has 0 unspecified atom stereocenters. The third kappa shape index (κ3) is 1.83. The third-order valence-corrected chi connectivity index (χ3v) is 2.90. The van der Waals surface area contributed by atoms with Crippen molar-refractivity contribution in [1.82, 2.24) is 19.7 Å². The predicted molar refractivity (Wildman–Crippen MR) is 68.4 cm³/mol. The molecule has 2 aromatic heterocycles. The SMILES string of the molecule is Cc1nnc(-n2cnc(C(=O)O)c2)c2ccccc12. The maximum absolute atomic E-state index is 10.9. The number of nitrogens with zero attached hydrogens (tertiary/aromatic N) is 4. The average molecular weight is 254 g/mol. The Balaban J connectivity index is 2.24. The van der Waals surface area contributed by atoms with Crippen LogP contribution in [0.25, 0.3) is 16.6 Å². The van der Waals surface area contributed by atoms with Crippen LogP contribution in [0.3, 0.4) is 0 Å². The van der Waals surface area contributed by atoms with Crippen LogP contribution in [-0.2, 0) is 0 Å². The number of carbonyl (C=O) groups is 1. The Morgan fingerprint density at radius 2 is 1.95 bits per heavy atom. The Labute approximate surface area is 108 Å². The van der Waals surface area contributed by atoms with Crippen molar-refractivity contribution in [2.75, 3.05) is 0 Å². The molecule has 0 fully saturated rings. The molecule has 0 spiro atoms. The lowest BCUT2D eigenvalue weighted by atomic mass is 10.1. The van der Waals surface area contributed by atoms with Crippen molar-refractivity contribution in [3.8, 4) is 5.82 Å². The van der Waals surface area contributed by atoms with Crippen LogP contribution in [0.4, 0.5) is 0 Å².